The van der Waals surface area contributed by atoms with Gasteiger partial charge in [-0.25, -0.2) is 0 Å². The van der Waals surface area contributed by atoms with Crippen LogP contribution < -0.4 is 4.74 Å². The Morgan fingerprint density at radius 3 is 2.67 bits per heavy atom. The molecule has 0 spiro atoms. The van der Waals surface area contributed by atoms with Crippen molar-refractivity contribution in [1.29, 1.82) is 5.26 Å². The third-order valence-electron chi connectivity index (χ3n) is 3.08. The third-order valence-corrected chi connectivity index (χ3v) is 3.08. The minimum atomic E-state index is 0.545. The van der Waals surface area contributed by atoms with Crippen LogP contribution >= 0.6 is 0 Å². The van der Waals surface area contributed by atoms with Gasteiger partial charge in [0, 0.05) is 5.92 Å². The second-order valence-electron chi connectivity index (χ2n) is 4.58. The van der Waals surface area contributed by atoms with E-state index >= 15 is 0 Å². The lowest BCUT2D eigenvalue weighted by Crippen LogP contribution is -1.89. The van der Waals surface area contributed by atoms with Crippen LogP contribution in [0.1, 0.15) is 35.7 Å². The van der Waals surface area contributed by atoms with E-state index in [0.717, 1.165) is 22.9 Å². The van der Waals surface area contributed by atoms with Crippen molar-refractivity contribution in [3.8, 4) is 17.6 Å². The fourth-order valence-electron chi connectivity index (χ4n) is 1.92. The van der Waals surface area contributed by atoms with E-state index in [1.54, 1.807) is 12.1 Å². The average Bonchev–Trinajstić information content (AvgIpc) is 3.17. The van der Waals surface area contributed by atoms with E-state index in [0.29, 0.717) is 11.5 Å². The van der Waals surface area contributed by atoms with Crippen molar-refractivity contribution in [3.05, 3.63) is 41.2 Å². The van der Waals surface area contributed by atoms with Crippen LogP contribution in [0.25, 0.3) is 0 Å². The summed E-state index contributed by atoms with van der Waals surface area (Å²) in [6.45, 7) is 1.96. The Labute approximate surface area is 105 Å². The number of aromatic amines is 1. The van der Waals surface area contributed by atoms with Gasteiger partial charge in [-0.3, -0.25) is 5.10 Å². The summed E-state index contributed by atoms with van der Waals surface area (Å²) in [5.41, 5.74) is 2.60. The Kier molecular flexibility index (Phi) is 2.52. The summed E-state index contributed by atoms with van der Waals surface area (Å²) in [5.74, 6) is 2.12. The molecule has 2 aromatic rings. The van der Waals surface area contributed by atoms with Gasteiger partial charge in [0.2, 0.25) is 0 Å². The second-order valence-corrected chi connectivity index (χ2v) is 4.58. The zero-order valence-electron chi connectivity index (χ0n) is 10.1. The highest BCUT2D eigenvalue weighted by Gasteiger charge is 2.30. The first-order chi connectivity index (χ1) is 8.78. The predicted molar refractivity (Wildman–Crippen MR) is 66.5 cm³/mol. The number of hydrogen-bond donors (Lipinski definition) is 1. The van der Waals surface area contributed by atoms with E-state index in [-0.39, 0.29) is 0 Å². The van der Waals surface area contributed by atoms with Crippen molar-refractivity contribution in [2.24, 2.45) is 0 Å². The number of aryl methyl sites for hydroxylation is 1. The number of nitrogens with one attached hydrogen (secondary N) is 1. The second kappa shape index (κ2) is 4.19. The first kappa shape index (κ1) is 10.8. The molecule has 0 unspecified atom stereocenters. The summed E-state index contributed by atoms with van der Waals surface area (Å²) >= 11 is 0. The molecule has 18 heavy (non-hydrogen) atoms. The molecule has 0 radical (unpaired) electrons. The first-order valence-electron chi connectivity index (χ1n) is 6.01. The normalized spacial score (nSPS) is 14.2. The molecule has 3 rings (SSSR count). The highest BCUT2D eigenvalue weighted by Crippen LogP contribution is 2.45. The van der Waals surface area contributed by atoms with E-state index in [1.807, 2.05) is 19.1 Å². The lowest BCUT2D eigenvalue weighted by Gasteiger charge is -2.06. The van der Waals surface area contributed by atoms with E-state index < -0.39 is 0 Å². The van der Waals surface area contributed by atoms with Crippen molar-refractivity contribution >= 4 is 0 Å². The van der Waals surface area contributed by atoms with Gasteiger partial charge in [-0.05, 0) is 44.0 Å². The first-order valence-corrected chi connectivity index (χ1v) is 6.01. The fraction of sp³-hybridized carbons (Fsp3) is 0.286. The van der Waals surface area contributed by atoms with Gasteiger partial charge in [-0.1, -0.05) is 0 Å². The fourth-order valence-corrected chi connectivity index (χ4v) is 1.92. The van der Waals surface area contributed by atoms with Crippen molar-refractivity contribution < 1.29 is 4.74 Å². The smallest absolute Gasteiger partial charge is 0.171 e. The SMILES string of the molecule is Cc1[nH]nc(C2CC2)c1Oc1ccc(C#N)cc1. The van der Waals surface area contributed by atoms with Gasteiger partial charge in [0.05, 0.1) is 17.3 Å². The monoisotopic (exact) mass is 239 g/mol. The number of nitriles is 1. The molecule has 0 aliphatic heterocycles. The van der Waals surface area contributed by atoms with Crippen LogP contribution in [-0.4, -0.2) is 10.2 Å². The van der Waals surface area contributed by atoms with E-state index in [9.17, 15) is 0 Å². The quantitative estimate of drug-likeness (QED) is 0.894. The van der Waals surface area contributed by atoms with E-state index in [4.69, 9.17) is 10.00 Å². The van der Waals surface area contributed by atoms with E-state index in [1.165, 1.54) is 12.8 Å². The summed E-state index contributed by atoms with van der Waals surface area (Å²) in [4.78, 5) is 0. The summed E-state index contributed by atoms with van der Waals surface area (Å²) < 4.78 is 5.88. The lowest BCUT2D eigenvalue weighted by atomic mass is 10.2. The largest absolute Gasteiger partial charge is 0.453 e. The number of rotatable bonds is 3. The van der Waals surface area contributed by atoms with Gasteiger partial charge in [0.1, 0.15) is 11.4 Å². The molecule has 0 saturated heterocycles. The standard InChI is InChI=1S/C14H13N3O/c1-9-14(13(17-16-9)11-4-5-11)18-12-6-2-10(8-15)3-7-12/h2-3,6-7,11H,4-5H2,1H3,(H,16,17). The highest BCUT2D eigenvalue weighted by atomic mass is 16.5. The molecule has 0 atom stereocenters. The number of aromatic nitrogens is 2. The molecule has 1 aliphatic rings. The molecular formula is C14H13N3O. The zero-order valence-corrected chi connectivity index (χ0v) is 10.1. The molecule has 0 bridgehead atoms. The van der Waals surface area contributed by atoms with Gasteiger partial charge in [-0.15, -0.1) is 0 Å². The summed E-state index contributed by atoms with van der Waals surface area (Å²) in [7, 11) is 0. The molecule has 0 amide bonds. The minimum Gasteiger partial charge on any atom is -0.453 e. The highest BCUT2D eigenvalue weighted by molar-refractivity contribution is 5.42. The van der Waals surface area contributed by atoms with Crippen LogP contribution in [0.3, 0.4) is 0 Å². The van der Waals surface area contributed by atoms with Gasteiger partial charge in [0.15, 0.2) is 5.75 Å². The Morgan fingerprint density at radius 2 is 2.06 bits per heavy atom. The van der Waals surface area contributed by atoms with Crippen molar-refractivity contribution in [3.63, 3.8) is 0 Å². The Hall–Kier alpha value is -2.28. The number of benzene rings is 1. The molecule has 1 aromatic heterocycles. The molecule has 1 aliphatic carbocycles. The number of hydrogen-bond acceptors (Lipinski definition) is 3. The lowest BCUT2D eigenvalue weighted by molar-refractivity contribution is 0.473. The van der Waals surface area contributed by atoms with Crippen LogP contribution in [0.15, 0.2) is 24.3 Å². The number of H-pyrrole nitrogens is 1. The van der Waals surface area contributed by atoms with Crippen LogP contribution in [0.4, 0.5) is 0 Å². The Morgan fingerprint density at radius 1 is 1.33 bits per heavy atom. The maximum absolute atomic E-state index is 8.75. The molecule has 90 valence electrons. The number of ether oxygens (including phenoxy) is 1. The molecule has 1 saturated carbocycles. The van der Waals surface area contributed by atoms with Gasteiger partial charge in [-0.2, -0.15) is 10.4 Å². The Bertz CT molecular complexity index is 603. The number of nitrogens with zero attached hydrogens (tertiary/aromatic N) is 2. The van der Waals surface area contributed by atoms with Crippen molar-refractivity contribution in [2.45, 2.75) is 25.7 Å². The molecule has 1 fully saturated rings. The van der Waals surface area contributed by atoms with Crippen LogP contribution in [0.5, 0.6) is 11.5 Å². The topological polar surface area (TPSA) is 61.7 Å². The summed E-state index contributed by atoms with van der Waals surface area (Å²) in [6, 6.07) is 9.21. The maximum atomic E-state index is 8.75. The Balaban J connectivity index is 1.87. The third kappa shape index (κ3) is 1.95. The minimum absolute atomic E-state index is 0.545. The van der Waals surface area contributed by atoms with Gasteiger partial charge < -0.3 is 4.74 Å². The molecular weight excluding hydrogens is 226 g/mol. The maximum Gasteiger partial charge on any atom is 0.171 e. The van der Waals surface area contributed by atoms with Crippen LogP contribution in [0, 0.1) is 18.3 Å². The molecule has 4 nitrogen and oxygen atoms in total. The van der Waals surface area contributed by atoms with Crippen molar-refractivity contribution in [1.82, 2.24) is 10.2 Å². The zero-order chi connectivity index (χ0) is 12.5. The summed E-state index contributed by atoms with van der Waals surface area (Å²) in [6.07, 6.45) is 2.38. The van der Waals surface area contributed by atoms with Crippen LogP contribution in [-0.2, 0) is 0 Å². The van der Waals surface area contributed by atoms with Crippen molar-refractivity contribution in [2.75, 3.05) is 0 Å². The molecule has 1 N–H and O–H groups in total. The predicted octanol–water partition coefficient (Wildman–Crippen LogP) is 3.26. The molecule has 1 aromatic carbocycles. The van der Waals surface area contributed by atoms with Gasteiger partial charge >= 0.3 is 0 Å². The van der Waals surface area contributed by atoms with Crippen LogP contribution in [0.2, 0.25) is 0 Å². The molecule has 1 heterocycles. The summed E-state index contributed by atoms with van der Waals surface area (Å²) in [5, 5.41) is 16.0. The molecule has 4 heteroatoms. The van der Waals surface area contributed by atoms with E-state index in [2.05, 4.69) is 16.3 Å². The van der Waals surface area contributed by atoms with Gasteiger partial charge in [0.25, 0.3) is 0 Å². The average molecular weight is 239 g/mol.